The van der Waals surface area contributed by atoms with E-state index in [4.69, 9.17) is 20.9 Å². The van der Waals surface area contributed by atoms with Crippen LogP contribution in [0.1, 0.15) is 41.5 Å². The number of unbranched alkanes of at least 4 members (excludes halogenated alkanes) is 2. The Morgan fingerprint density at radius 2 is 0.676 bits per heavy atom. The maximum absolute atomic E-state index is 5.91. The molecule has 0 amide bonds. The van der Waals surface area contributed by atoms with Crippen LogP contribution in [0.15, 0.2) is 97.1 Å². The zero-order chi connectivity index (χ0) is 25.7. The lowest BCUT2D eigenvalue weighted by molar-refractivity contribution is 0.279. The van der Waals surface area contributed by atoms with Gasteiger partial charge in [-0.2, -0.15) is 0 Å². The molecule has 0 aliphatic carbocycles. The van der Waals surface area contributed by atoms with Crippen LogP contribution in [0.4, 0.5) is 11.4 Å². The quantitative estimate of drug-likeness (QED) is 0.146. The minimum Gasteiger partial charge on any atom is -0.494 e. The molecule has 0 bridgehead atoms. The molecule has 4 heteroatoms. The number of nitrogens with two attached hydrogens (primary N) is 2. The Labute approximate surface area is 221 Å². The summed E-state index contributed by atoms with van der Waals surface area (Å²) >= 11 is 0. The maximum atomic E-state index is 5.91. The molecular formula is C33H38N2O2. The molecular weight excluding hydrogens is 456 g/mol. The van der Waals surface area contributed by atoms with Gasteiger partial charge >= 0.3 is 0 Å². The van der Waals surface area contributed by atoms with Gasteiger partial charge in [-0.1, -0.05) is 48.5 Å². The van der Waals surface area contributed by atoms with Gasteiger partial charge < -0.3 is 20.9 Å². The van der Waals surface area contributed by atoms with Crippen molar-refractivity contribution in [1.29, 1.82) is 0 Å². The number of rotatable bonds is 14. The average Bonchev–Trinajstić information content (AvgIpc) is 2.93. The molecule has 192 valence electrons. The van der Waals surface area contributed by atoms with E-state index in [0.717, 1.165) is 81.0 Å². The van der Waals surface area contributed by atoms with Gasteiger partial charge in [0.25, 0.3) is 0 Å². The van der Waals surface area contributed by atoms with Gasteiger partial charge in [-0.05, 0) is 116 Å². The molecule has 0 unspecified atom stereocenters. The monoisotopic (exact) mass is 494 g/mol. The number of aryl methyl sites for hydroxylation is 4. The van der Waals surface area contributed by atoms with Crippen LogP contribution in [0.2, 0.25) is 0 Å². The third-order valence-corrected chi connectivity index (χ3v) is 6.54. The molecule has 37 heavy (non-hydrogen) atoms. The highest BCUT2D eigenvalue weighted by atomic mass is 16.5. The predicted octanol–water partition coefficient (Wildman–Crippen LogP) is 7.05. The average molecular weight is 495 g/mol. The van der Waals surface area contributed by atoms with Crippen molar-refractivity contribution in [2.45, 2.75) is 44.9 Å². The molecule has 4 N–H and O–H groups in total. The van der Waals surface area contributed by atoms with Crippen molar-refractivity contribution in [1.82, 2.24) is 0 Å². The van der Waals surface area contributed by atoms with Crippen molar-refractivity contribution in [3.63, 3.8) is 0 Å². The maximum Gasteiger partial charge on any atom is 0.119 e. The summed E-state index contributed by atoms with van der Waals surface area (Å²) in [6.45, 7) is 1.46. The minimum absolute atomic E-state index is 0.730. The molecule has 0 aliphatic heterocycles. The van der Waals surface area contributed by atoms with Crippen molar-refractivity contribution >= 4 is 11.4 Å². The number of hydrogen-bond acceptors (Lipinski definition) is 4. The Morgan fingerprint density at radius 1 is 0.378 bits per heavy atom. The molecule has 0 radical (unpaired) electrons. The zero-order valence-electron chi connectivity index (χ0n) is 21.6. The summed E-state index contributed by atoms with van der Waals surface area (Å²) in [7, 11) is 0. The zero-order valence-corrected chi connectivity index (χ0v) is 21.6. The fraction of sp³-hybridized carbons (Fsp3) is 0.273. The van der Waals surface area contributed by atoms with Crippen LogP contribution in [-0.4, -0.2) is 13.2 Å². The summed E-state index contributed by atoms with van der Waals surface area (Å²) in [5, 5.41) is 0. The first-order valence-corrected chi connectivity index (χ1v) is 13.3. The van der Waals surface area contributed by atoms with E-state index in [1.165, 1.54) is 22.3 Å². The van der Waals surface area contributed by atoms with Crippen molar-refractivity contribution in [2.75, 3.05) is 24.7 Å². The first-order chi connectivity index (χ1) is 18.1. The van der Waals surface area contributed by atoms with E-state index in [0.29, 0.717) is 0 Å². The fourth-order valence-corrected chi connectivity index (χ4v) is 4.21. The summed E-state index contributed by atoms with van der Waals surface area (Å²) in [4.78, 5) is 0. The summed E-state index contributed by atoms with van der Waals surface area (Å²) in [6, 6.07) is 33.1. The largest absolute Gasteiger partial charge is 0.494 e. The number of anilines is 2. The van der Waals surface area contributed by atoms with E-state index in [9.17, 15) is 0 Å². The Balaban J connectivity index is 1.05. The molecule has 4 nitrogen and oxygen atoms in total. The fourth-order valence-electron chi connectivity index (χ4n) is 4.21. The van der Waals surface area contributed by atoms with Crippen molar-refractivity contribution in [3.05, 3.63) is 119 Å². The van der Waals surface area contributed by atoms with E-state index in [2.05, 4.69) is 72.8 Å². The molecule has 0 aromatic heterocycles. The lowest BCUT2D eigenvalue weighted by Gasteiger charge is -2.09. The highest BCUT2D eigenvalue weighted by Crippen LogP contribution is 2.17. The van der Waals surface area contributed by atoms with Crippen LogP contribution >= 0.6 is 0 Å². The van der Waals surface area contributed by atoms with Gasteiger partial charge in [-0.25, -0.2) is 0 Å². The summed E-state index contributed by atoms with van der Waals surface area (Å²) in [5.41, 5.74) is 18.4. The molecule has 4 rings (SSSR count). The number of ether oxygens (including phenoxy) is 2. The first-order valence-electron chi connectivity index (χ1n) is 13.3. The van der Waals surface area contributed by atoms with Gasteiger partial charge in [0, 0.05) is 11.4 Å². The predicted molar refractivity (Wildman–Crippen MR) is 154 cm³/mol. The Morgan fingerprint density at radius 3 is 1.00 bits per heavy atom. The second-order valence-electron chi connectivity index (χ2n) is 9.53. The molecule has 0 saturated heterocycles. The number of hydrogen-bond donors (Lipinski definition) is 2. The summed E-state index contributed by atoms with van der Waals surface area (Å²) in [5.74, 6) is 1.87. The van der Waals surface area contributed by atoms with Crippen molar-refractivity contribution in [3.8, 4) is 11.5 Å². The van der Waals surface area contributed by atoms with Crippen LogP contribution in [0, 0.1) is 0 Å². The topological polar surface area (TPSA) is 70.5 Å². The van der Waals surface area contributed by atoms with Gasteiger partial charge in [-0.15, -0.1) is 0 Å². The van der Waals surface area contributed by atoms with E-state index in [-0.39, 0.29) is 0 Å². The molecule has 4 aromatic carbocycles. The van der Waals surface area contributed by atoms with E-state index < -0.39 is 0 Å². The third-order valence-electron chi connectivity index (χ3n) is 6.54. The smallest absolute Gasteiger partial charge is 0.119 e. The van der Waals surface area contributed by atoms with E-state index in [1.54, 1.807) is 0 Å². The van der Waals surface area contributed by atoms with Crippen molar-refractivity contribution < 1.29 is 9.47 Å². The van der Waals surface area contributed by atoms with Gasteiger partial charge in [0.15, 0.2) is 0 Å². The second kappa shape index (κ2) is 14.0. The molecule has 0 spiro atoms. The SMILES string of the molecule is Nc1ccc(CCc2ccc(OCCCCCOc3ccc(CCc4ccc(N)cc4)cc3)cc2)cc1. The standard InChI is InChI=1S/C33H38N2O2/c34-30-16-8-26(9-17-30)4-6-28-12-20-32(21-13-28)36-24-2-1-3-25-37-33-22-14-29(15-23-33)7-5-27-10-18-31(35)19-11-27/h8-23H,1-7,24-25,34-35H2. The Kier molecular flexibility index (Phi) is 9.88. The lowest BCUT2D eigenvalue weighted by atomic mass is 10.0. The van der Waals surface area contributed by atoms with Crippen LogP contribution < -0.4 is 20.9 Å². The first kappa shape index (κ1) is 26.2. The normalized spacial score (nSPS) is 10.8. The molecule has 4 aromatic rings. The van der Waals surface area contributed by atoms with E-state index >= 15 is 0 Å². The van der Waals surface area contributed by atoms with Gasteiger partial charge in [0.05, 0.1) is 13.2 Å². The van der Waals surface area contributed by atoms with E-state index in [1.807, 2.05) is 24.3 Å². The van der Waals surface area contributed by atoms with Crippen LogP contribution in [-0.2, 0) is 25.7 Å². The van der Waals surface area contributed by atoms with Gasteiger partial charge in [0.1, 0.15) is 11.5 Å². The molecule has 0 fully saturated rings. The lowest BCUT2D eigenvalue weighted by Crippen LogP contribution is -2.01. The number of nitrogen functional groups attached to an aromatic ring is 2. The molecule has 0 atom stereocenters. The highest BCUT2D eigenvalue weighted by molar-refractivity contribution is 5.40. The Bertz CT molecular complexity index is 1090. The summed E-state index contributed by atoms with van der Waals surface area (Å²) in [6.07, 6.45) is 7.17. The van der Waals surface area contributed by atoms with Crippen LogP contribution in [0.25, 0.3) is 0 Å². The van der Waals surface area contributed by atoms with Crippen LogP contribution in [0.5, 0.6) is 11.5 Å². The van der Waals surface area contributed by atoms with Crippen LogP contribution in [0.3, 0.4) is 0 Å². The highest BCUT2D eigenvalue weighted by Gasteiger charge is 2.01. The molecule has 0 heterocycles. The minimum atomic E-state index is 0.730. The van der Waals surface area contributed by atoms with Crippen molar-refractivity contribution in [2.24, 2.45) is 0 Å². The molecule has 0 saturated carbocycles. The Hall–Kier alpha value is -3.92. The number of benzene rings is 4. The third kappa shape index (κ3) is 9.23. The van der Waals surface area contributed by atoms with Gasteiger partial charge in [0.2, 0.25) is 0 Å². The molecule has 0 aliphatic rings. The summed E-state index contributed by atoms with van der Waals surface area (Å²) < 4.78 is 11.8. The van der Waals surface area contributed by atoms with Gasteiger partial charge in [-0.3, -0.25) is 0 Å². The second-order valence-corrected chi connectivity index (χ2v) is 9.53.